The molecule has 0 aliphatic rings. The van der Waals surface area contributed by atoms with E-state index in [-0.39, 0.29) is 28.4 Å². The van der Waals surface area contributed by atoms with E-state index in [4.69, 9.17) is 0 Å². The first-order valence-electron chi connectivity index (χ1n) is 7.87. The molecule has 128 valence electrons. The lowest BCUT2D eigenvalue weighted by molar-refractivity contribution is -0.115. The minimum atomic E-state index is -3.43. The van der Waals surface area contributed by atoms with Crippen molar-refractivity contribution in [3.63, 3.8) is 0 Å². The zero-order valence-corrected chi connectivity index (χ0v) is 15.1. The summed E-state index contributed by atoms with van der Waals surface area (Å²) in [5, 5.41) is 2.74. The van der Waals surface area contributed by atoms with E-state index in [0.717, 1.165) is 0 Å². The number of amides is 1. The van der Waals surface area contributed by atoms with Crippen molar-refractivity contribution in [2.75, 3.05) is 11.1 Å². The summed E-state index contributed by atoms with van der Waals surface area (Å²) in [7, 11) is -3.43. The van der Waals surface area contributed by atoms with Crippen molar-refractivity contribution in [3.8, 4) is 0 Å². The fourth-order valence-corrected chi connectivity index (χ4v) is 3.51. The molecule has 5 heteroatoms. The number of anilines is 1. The van der Waals surface area contributed by atoms with Gasteiger partial charge in [-0.15, -0.1) is 0 Å². The van der Waals surface area contributed by atoms with Crippen LogP contribution in [0.15, 0.2) is 59.5 Å². The second-order valence-electron chi connectivity index (χ2n) is 6.76. The monoisotopic (exact) mass is 345 g/mol. The molecule has 2 aromatic carbocycles. The summed E-state index contributed by atoms with van der Waals surface area (Å²) in [6.45, 7) is 6.36. The van der Waals surface area contributed by atoms with E-state index in [1.54, 1.807) is 30.3 Å². The molecule has 0 atom stereocenters. The number of rotatable bonds is 5. The minimum Gasteiger partial charge on any atom is -0.326 e. The fourth-order valence-electron chi connectivity index (χ4n) is 2.25. The highest BCUT2D eigenvalue weighted by atomic mass is 32.2. The Morgan fingerprint density at radius 3 is 2.08 bits per heavy atom. The molecular formula is C19H23NO3S. The van der Waals surface area contributed by atoms with Crippen LogP contribution in [0.2, 0.25) is 0 Å². The zero-order valence-electron chi connectivity index (χ0n) is 14.2. The van der Waals surface area contributed by atoms with E-state index in [0.29, 0.717) is 5.69 Å². The van der Waals surface area contributed by atoms with E-state index in [9.17, 15) is 13.2 Å². The summed E-state index contributed by atoms with van der Waals surface area (Å²) >= 11 is 0. The van der Waals surface area contributed by atoms with Gasteiger partial charge in [0.2, 0.25) is 5.91 Å². The molecule has 1 N–H and O–H groups in total. The first kappa shape index (κ1) is 18.2. The van der Waals surface area contributed by atoms with Gasteiger partial charge in [-0.1, -0.05) is 51.1 Å². The number of carbonyl (C=O) groups is 1. The van der Waals surface area contributed by atoms with Crippen LogP contribution in [0.1, 0.15) is 32.8 Å². The van der Waals surface area contributed by atoms with Crippen LogP contribution < -0.4 is 5.32 Å². The number of carbonyl (C=O) groups excluding carboxylic acids is 1. The number of hydrogen-bond donors (Lipinski definition) is 1. The van der Waals surface area contributed by atoms with E-state index in [1.807, 2.05) is 24.3 Å². The number of benzene rings is 2. The summed E-state index contributed by atoms with van der Waals surface area (Å²) in [5.74, 6) is -0.513. The molecule has 0 heterocycles. The molecule has 0 aliphatic heterocycles. The Morgan fingerprint density at radius 2 is 1.54 bits per heavy atom. The predicted molar refractivity (Wildman–Crippen MR) is 96.9 cm³/mol. The predicted octanol–water partition coefficient (Wildman–Crippen LogP) is 3.79. The van der Waals surface area contributed by atoms with E-state index in [2.05, 4.69) is 26.1 Å². The SMILES string of the molecule is CC(C)(C)c1ccc(NC(=O)CCS(=O)(=O)c2ccccc2)cc1. The molecule has 0 saturated heterocycles. The quantitative estimate of drug-likeness (QED) is 0.897. The third kappa shape index (κ3) is 4.93. The second-order valence-corrected chi connectivity index (χ2v) is 8.87. The summed E-state index contributed by atoms with van der Waals surface area (Å²) in [5.41, 5.74) is 1.89. The normalized spacial score (nSPS) is 12.0. The number of nitrogens with one attached hydrogen (secondary N) is 1. The summed E-state index contributed by atoms with van der Waals surface area (Å²) in [4.78, 5) is 12.2. The van der Waals surface area contributed by atoms with Gasteiger partial charge < -0.3 is 5.32 Å². The molecule has 0 aromatic heterocycles. The van der Waals surface area contributed by atoms with Crippen molar-refractivity contribution in [2.24, 2.45) is 0 Å². The number of hydrogen-bond acceptors (Lipinski definition) is 3. The van der Waals surface area contributed by atoms with Gasteiger partial charge in [0.1, 0.15) is 0 Å². The van der Waals surface area contributed by atoms with Crippen LogP contribution in [0.4, 0.5) is 5.69 Å². The van der Waals surface area contributed by atoms with Crippen LogP contribution in [0, 0.1) is 0 Å². The topological polar surface area (TPSA) is 63.2 Å². The van der Waals surface area contributed by atoms with Crippen molar-refractivity contribution in [2.45, 2.75) is 37.5 Å². The largest absolute Gasteiger partial charge is 0.326 e. The van der Waals surface area contributed by atoms with Gasteiger partial charge >= 0.3 is 0 Å². The molecule has 4 nitrogen and oxygen atoms in total. The first-order valence-corrected chi connectivity index (χ1v) is 9.52. The average molecular weight is 345 g/mol. The van der Waals surface area contributed by atoms with Crippen molar-refractivity contribution >= 4 is 21.4 Å². The van der Waals surface area contributed by atoms with Crippen LogP contribution in [0.3, 0.4) is 0 Å². The van der Waals surface area contributed by atoms with E-state index >= 15 is 0 Å². The third-order valence-electron chi connectivity index (χ3n) is 3.73. The summed E-state index contributed by atoms with van der Waals surface area (Å²) in [6, 6.07) is 15.8. The molecule has 0 aliphatic carbocycles. The van der Waals surface area contributed by atoms with E-state index in [1.165, 1.54) is 5.56 Å². The Balaban J connectivity index is 1.94. The maximum absolute atomic E-state index is 12.2. The molecule has 24 heavy (non-hydrogen) atoms. The van der Waals surface area contributed by atoms with Gasteiger partial charge in [0, 0.05) is 12.1 Å². The van der Waals surface area contributed by atoms with Gasteiger partial charge in [-0.05, 0) is 35.2 Å². The highest BCUT2D eigenvalue weighted by Crippen LogP contribution is 2.23. The molecule has 0 radical (unpaired) electrons. The Kier molecular flexibility index (Phi) is 5.44. The molecule has 2 rings (SSSR count). The van der Waals surface area contributed by atoms with Gasteiger partial charge in [-0.3, -0.25) is 4.79 Å². The highest BCUT2D eigenvalue weighted by Gasteiger charge is 2.16. The first-order chi connectivity index (χ1) is 11.2. The van der Waals surface area contributed by atoms with Crippen LogP contribution >= 0.6 is 0 Å². The van der Waals surface area contributed by atoms with Crippen molar-refractivity contribution < 1.29 is 13.2 Å². The highest BCUT2D eigenvalue weighted by molar-refractivity contribution is 7.91. The van der Waals surface area contributed by atoms with Crippen molar-refractivity contribution in [1.82, 2.24) is 0 Å². The standard InChI is InChI=1S/C19H23NO3S/c1-19(2,3)15-9-11-16(12-10-15)20-18(21)13-14-24(22,23)17-7-5-4-6-8-17/h4-12H,13-14H2,1-3H3,(H,20,21). The van der Waals surface area contributed by atoms with Crippen molar-refractivity contribution in [1.29, 1.82) is 0 Å². The fraction of sp³-hybridized carbons (Fsp3) is 0.316. The van der Waals surface area contributed by atoms with Gasteiger partial charge in [0.05, 0.1) is 10.6 Å². The Morgan fingerprint density at radius 1 is 0.958 bits per heavy atom. The molecule has 0 unspecified atom stereocenters. The lowest BCUT2D eigenvalue weighted by Crippen LogP contribution is -2.17. The average Bonchev–Trinajstić information content (AvgIpc) is 2.54. The Bertz CT molecular complexity index is 789. The minimum absolute atomic E-state index is 0.0479. The van der Waals surface area contributed by atoms with Gasteiger partial charge in [0.15, 0.2) is 9.84 Å². The van der Waals surface area contributed by atoms with Crippen LogP contribution in [-0.4, -0.2) is 20.1 Å². The maximum Gasteiger partial charge on any atom is 0.225 e. The van der Waals surface area contributed by atoms with Gasteiger partial charge in [-0.25, -0.2) is 8.42 Å². The van der Waals surface area contributed by atoms with E-state index < -0.39 is 9.84 Å². The molecule has 0 spiro atoms. The molecular weight excluding hydrogens is 322 g/mol. The molecule has 0 saturated carbocycles. The van der Waals surface area contributed by atoms with Crippen LogP contribution in [0.25, 0.3) is 0 Å². The second kappa shape index (κ2) is 7.18. The molecule has 0 bridgehead atoms. The smallest absolute Gasteiger partial charge is 0.225 e. The summed E-state index contributed by atoms with van der Waals surface area (Å²) in [6.07, 6.45) is -0.0712. The van der Waals surface area contributed by atoms with Crippen LogP contribution in [-0.2, 0) is 20.0 Å². The van der Waals surface area contributed by atoms with Gasteiger partial charge in [-0.2, -0.15) is 0 Å². The Labute approximate surface area is 143 Å². The van der Waals surface area contributed by atoms with Gasteiger partial charge in [0.25, 0.3) is 0 Å². The van der Waals surface area contributed by atoms with Crippen LogP contribution in [0.5, 0.6) is 0 Å². The molecule has 2 aromatic rings. The summed E-state index contributed by atoms with van der Waals surface area (Å²) < 4.78 is 24.3. The molecule has 1 amide bonds. The maximum atomic E-state index is 12.2. The third-order valence-corrected chi connectivity index (χ3v) is 5.47. The lowest BCUT2D eigenvalue weighted by atomic mass is 9.87. The zero-order chi connectivity index (χ0) is 17.8. The Hall–Kier alpha value is -2.14. The van der Waals surface area contributed by atoms with Crippen molar-refractivity contribution in [3.05, 3.63) is 60.2 Å². The lowest BCUT2D eigenvalue weighted by Gasteiger charge is -2.19. The molecule has 0 fully saturated rings. The number of sulfone groups is 1.